The molecule has 68 valence electrons. The van der Waals surface area contributed by atoms with Gasteiger partial charge in [-0.05, 0) is 0 Å². The molecule has 0 aliphatic heterocycles. The van der Waals surface area contributed by atoms with Crippen LogP contribution in [-0.4, -0.2) is 44.5 Å². The van der Waals surface area contributed by atoms with E-state index in [-0.39, 0.29) is 25.0 Å². The molecule has 0 heterocycles. The topological polar surface area (TPSA) is 135 Å². The van der Waals surface area contributed by atoms with Crippen LogP contribution in [0.15, 0.2) is 0 Å². The molecule has 0 saturated carbocycles. The Balaban J connectivity index is -0.0000000279. The zero-order valence-electron chi connectivity index (χ0n) is 7.04. The van der Waals surface area contributed by atoms with Gasteiger partial charge in [-0.15, -0.1) is 0 Å². The van der Waals surface area contributed by atoms with Crippen molar-refractivity contribution in [3.05, 3.63) is 0 Å². The second kappa shape index (κ2) is 13.0. The second-order valence-corrected chi connectivity index (χ2v) is 0.957. The Hall–Kier alpha value is -0.588. The van der Waals surface area contributed by atoms with Crippen molar-refractivity contribution in [2.24, 2.45) is 0 Å². The van der Waals surface area contributed by atoms with Gasteiger partial charge in [-0.1, -0.05) is 0 Å². The summed E-state index contributed by atoms with van der Waals surface area (Å²) in [6.07, 6.45) is 0. The molecule has 0 atom stereocenters. The third kappa shape index (κ3) is 57.2. The first-order valence-electron chi connectivity index (χ1n) is 1.88. The van der Waals surface area contributed by atoms with E-state index in [1.165, 1.54) is 0 Å². The summed E-state index contributed by atoms with van der Waals surface area (Å²) in [7, 11) is -2.17. The fraction of sp³-hybridized carbons (Fsp3) is 0. The van der Waals surface area contributed by atoms with E-state index < -0.39 is 19.3 Å². The molecule has 0 bridgehead atoms. The molecule has 10 heteroatoms. The molecular weight excluding hydrogens is 173 g/mol. The SMILES string of the molecule is F.O=C(O)C(=O)O.OB(O)O.[H-].[Li+]. The van der Waals surface area contributed by atoms with E-state index in [1.54, 1.807) is 0 Å². The summed E-state index contributed by atoms with van der Waals surface area (Å²) in [5, 5.41) is 36.3. The predicted octanol–water partition coefficient (Wildman–Crippen LogP) is -5.63. The van der Waals surface area contributed by atoms with Crippen LogP contribution in [0.3, 0.4) is 0 Å². The first kappa shape index (κ1) is 22.5. The molecule has 5 N–H and O–H groups in total. The summed E-state index contributed by atoms with van der Waals surface area (Å²) in [6, 6.07) is 0. The summed E-state index contributed by atoms with van der Waals surface area (Å²) in [5.74, 6) is -3.65. The fourth-order valence-corrected chi connectivity index (χ4v) is 0. The van der Waals surface area contributed by atoms with E-state index in [4.69, 9.17) is 34.9 Å². The van der Waals surface area contributed by atoms with Crippen molar-refractivity contribution in [3.63, 3.8) is 0 Å². The van der Waals surface area contributed by atoms with E-state index in [0.29, 0.717) is 0 Å². The average Bonchev–Trinajstić information content (AvgIpc) is 1.63. The van der Waals surface area contributed by atoms with E-state index in [9.17, 15) is 0 Å². The zero-order chi connectivity index (χ0) is 8.73. The normalized spacial score (nSPS) is 5.92. The number of carboxylic acids is 2. The van der Waals surface area contributed by atoms with Crippen molar-refractivity contribution in [2.45, 2.75) is 0 Å². The molecule has 0 radical (unpaired) electrons. The molecule has 12 heavy (non-hydrogen) atoms. The van der Waals surface area contributed by atoms with Gasteiger partial charge in [0.2, 0.25) is 0 Å². The Labute approximate surface area is 79.8 Å². The minimum Gasteiger partial charge on any atom is -1.00 e. The molecule has 7 nitrogen and oxygen atoms in total. The van der Waals surface area contributed by atoms with Gasteiger partial charge in [0.25, 0.3) is 0 Å². The third-order valence-electron chi connectivity index (χ3n) is 0.183. The second-order valence-electron chi connectivity index (χ2n) is 0.957. The van der Waals surface area contributed by atoms with Crippen LogP contribution in [0.5, 0.6) is 0 Å². The Bertz CT molecular complexity index is 119. The number of carbonyl (C=O) groups is 2. The van der Waals surface area contributed by atoms with Crippen molar-refractivity contribution in [3.8, 4) is 0 Å². The van der Waals surface area contributed by atoms with Gasteiger partial charge < -0.3 is 26.7 Å². The Morgan fingerprint density at radius 3 is 1.08 bits per heavy atom. The van der Waals surface area contributed by atoms with Crippen molar-refractivity contribution in [1.82, 2.24) is 0 Å². The van der Waals surface area contributed by atoms with Gasteiger partial charge in [-0.25, -0.2) is 9.59 Å². The van der Waals surface area contributed by atoms with Crippen LogP contribution >= 0.6 is 0 Å². The van der Waals surface area contributed by atoms with Gasteiger partial charge in [0.15, 0.2) is 0 Å². The molecule has 0 saturated heterocycles. The molecule has 0 amide bonds. The van der Waals surface area contributed by atoms with Crippen molar-refractivity contribution >= 4 is 19.3 Å². The Morgan fingerprint density at radius 2 is 1.08 bits per heavy atom. The maximum atomic E-state index is 9.10. The van der Waals surface area contributed by atoms with Crippen LogP contribution in [0.2, 0.25) is 0 Å². The number of carboxylic acid groups (broad SMARTS) is 2. The molecular formula is C2H7BFLiO7. The van der Waals surface area contributed by atoms with E-state index >= 15 is 0 Å². The first-order chi connectivity index (χ1) is 4.37. The summed E-state index contributed by atoms with van der Waals surface area (Å²) in [6.45, 7) is 0. The van der Waals surface area contributed by atoms with Gasteiger partial charge in [0.1, 0.15) is 0 Å². The summed E-state index contributed by atoms with van der Waals surface area (Å²) < 4.78 is 0. The quantitative estimate of drug-likeness (QED) is 0.185. The van der Waals surface area contributed by atoms with Gasteiger partial charge in [0.05, 0.1) is 0 Å². The van der Waals surface area contributed by atoms with Crippen LogP contribution < -0.4 is 18.9 Å². The Kier molecular flexibility index (Phi) is 24.5. The minimum atomic E-state index is -2.17. The maximum Gasteiger partial charge on any atom is 1.00 e. The summed E-state index contributed by atoms with van der Waals surface area (Å²) >= 11 is 0. The van der Waals surface area contributed by atoms with Crippen LogP contribution in [0.25, 0.3) is 0 Å². The molecule has 0 fully saturated rings. The maximum absolute atomic E-state index is 9.10. The number of rotatable bonds is 0. The first-order valence-corrected chi connectivity index (χ1v) is 1.88. The minimum absolute atomic E-state index is 0. The monoisotopic (exact) mass is 180 g/mol. The van der Waals surface area contributed by atoms with Gasteiger partial charge >= 0.3 is 38.1 Å². The van der Waals surface area contributed by atoms with Crippen molar-refractivity contribution in [1.29, 1.82) is 0 Å². The van der Waals surface area contributed by atoms with E-state index in [2.05, 4.69) is 0 Å². The number of aliphatic carboxylic acids is 2. The number of hydrogen-bond donors (Lipinski definition) is 5. The molecule has 0 spiro atoms. The predicted molar refractivity (Wildman–Crippen MR) is 31.3 cm³/mol. The van der Waals surface area contributed by atoms with Gasteiger partial charge in [-0.3, -0.25) is 4.70 Å². The summed E-state index contributed by atoms with van der Waals surface area (Å²) in [5.41, 5.74) is 0. The van der Waals surface area contributed by atoms with Crippen LogP contribution in [0.4, 0.5) is 4.70 Å². The molecule has 0 aliphatic carbocycles. The fourth-order valence-electron chi connectivity index (χ4n) is 0. The smallest absolute Gasteiger partial charge is 1.00 e. The molecule has 0 aromatic heterocycles. The Morgan fingerprint density at radius 1 is 1.00 bits per heavy atom. The summed E-state index contributed by atoms with van der Waals surface area (Å²) in [4.78, 5) is 18.2. The van der Waals surface area contributed by atoms with Crippen molar-refractivity contribution in [2.75, 3.05) is 0 Å². The van der Waals surface area contributed by atoms with E-state index in [0.717, 1.165) is 0 Å². The van der Waals surface area contributed by atoms with Gasteiger partial charge in [0, 0.05) is 0 Å². The largest absolute Gasteiger partial charge is 1.00 e. The standard InChI is InChI=1S/C2H2O4.BH3O3.FH.Li.H/c3-1(4)2(5)6;2-1(3)4;;;/h(H,3,4)(H,5,6);2-4H;1H;;/q;;;+1;-1. The molecule has 0 rings (SSSR count). The number of hydrogen-bond acceptors (Lipinski definition) is 5. The van der Waals surface area contributed by atoms with Gasteiger partial charge in [-0.2, -0.15) is 0 Å². The van der Waals surface area contributed by atoms with E-state index in [1.807, 2.05) is 0 Å². The molecule has 0 aromatic carbocycles. The van der Waals surface area contributed by atoms with Crippen molar-refractivity contribution < 1.29 is 59.9 Å². The molecule has 0 unspecified atom stereocenters. The van der Waals surface area contributed by atoms with Crippen LogP contribution in [0, 0.1) is 0 Å². The molecule has 0 aromatic rings. The number of halogens is 1. The van der Waals surface area contributed by atoms with Crippen LogP contribution in [-0.2, 0) is 9.59 Å². The van der Waals surface area contributed by atoms with Crippen LogP contribution in [0.1, 0.15) is 1.43 Å². The third-order valence-corrected chi connectivity index (χ3v) is 0.183. The average molecular weight is 180 g/mol. The zero-order valence-corrected chi connectivity index (χ0v) is 6.04. The molecule has 0 aliphatic rings.